The van der Waals surface area contributed by atoms with Crippen LogP contribution in [0, 0.1) is 0 Å². The van der Waals surface area contributed by atoms with Crippen molar-refractivity contribution in [1.82, 2.24) is 5.32 Å². The van der Waals surface area contributed by atoms with Gasteiger partial charge in [-0.3, -0.25) is 24.6 Å². The molecule has 1 saturated heterocycles. The van der Waals surface area contributed by atoms with Crippen molar-refractivity contribution in [2.75, 3.05) is 4.90 Å². The van der Waals surface area contributed by atoms with Crippen molar-refractivity contribution < 1.29 is 23.5 Å². The fraction of sp³-hybridized carbons (Fsp3) is 0. The van der Waals surface area contributed by atoms with Crippen molar-refractivity contribution in [3.63, 3.8) is 0 Å². The van der Waals surface area contributed by atoms with E-state index >= 15 is 0 Å². The molecule has 0 aliphatic carbocycles. The van der Waals surface area contributed by atoms with Crippen LogP contribution in [0.2, 0.25) is 0 Å². The van der Waals surface area contributed by atoms with Crippen LogP contribution in [0.3, 0.4) is 0 Å². The number of benzene rings is 4. The van der Waals surface area contributed by atoms with E-state index in [9.17, 15) is 14.4 Å². The number of hydrogen-bond acceptors (Lipinski definition) is 6. The van der Waals surface area contributed by atoms with Crippen LogP contribution in [0.4, 0.5) is 5.69 Å². The van der Waals surface area contributed by atoms with Crippen molar-refractivity contribution in [3.8, 4) is 11.5 Å². The third-order valence-electron chi connectivity index (χ3n) is 6.36. The molecule has 41 heavy (non-hydrogen) atoms. The number of para-hydroxylation sites is 1. The van der Waals surface area contributed by atoms with E-state index in [1.54, 1.807) is 72.8 Å². The summed E-state index contributed by atoms with van der Waals surface area (Å²) in [5, 5.41) is 3.23. The van der Waals surface area contributed by atoms with E-state index < -0.39 is 11.8 Å². The summed E-state index contributed by atoms with van der Waals surface area (Å²) in [5.74, 6) is 0.0466. The van der Waals surface area contributed by atoms with E-state index in [4.69, 9.17) is 21.4 Å². The highest BCUT2D eigenvalue weighted by Gasteiger charge is 2.34. The van der Waals surface area contributed by atoms with Gasteiger partial charge in [-0.15, -0.1) is 0 Å². The summed E-state index contributed by atoms with van der Waals surface area (Å²) >= 11 is 8.69. The first-order valence-electron chi connectivity index (χ1n) is 12.4. The molecule has 4 aromatic carbocycles. The Bertz CT molecular complexity index is 1860. The summed E-state index contributed by atoms with van der Waals surface area (Å²) in [7, 11) is 0. The second-order valence-corrected chi connectivity index (χ2v) is 10.4. The molecule has 0 radical (unpaired) electrons. The highest BCUT2D eigenvalue weighted by Crippen LogP contribution is 2.28. The number of rotatable bonds is 6. The summed E-state index contributed by atoms with van der Waals surface area (Å²) < 4.78 is 12.5. The zero-order chi connectivity index (χ0) is 28.5. The fourth-order valence-electron chi connectivity index (χ4n) is 4.35. The predicted molar refractivity (Wildman–Crippen MR) is 163 cm³/mol. The van der Waals surface area contributed by atoms with E-state index in [2.05, 4.69) is 21.2 Å². The van der Waals surface area contributed by atoms with Crippen LogP contribution in [0.5, 0.6) is 11.5 Å². The van der Waals surface area contributed by atoms with Gasteiger partial charge in [-0.05, 0) is 103 Å². The van der Waals surface area contributed by atoms with Gasteiger partial charge in [0.2, 0.25) is 5.78 Å². The Morgan fingerprint density at radius 2 is 1.59 bits per heavy atom. The molecule has 1 aliphatic rings. The van der Waals surface area contributed by atoms with E-state index in [1.165, 1.54) is 11.0 Å². The predicted octanol–water partition coefficient (Wildman–Crippen LogP) is 7.05. The quantitative estimate of drug-likeness (QED) is 0.0944. The second kappa shape index (κ2) is 11.0. The monoisotopic (exact) mass is 622 g/mol. The minimum absolute atomic E-state index is 0.0183. The van der Waals surface area contributed by atoms with Gasteiger partial charge in [-0.25, -0.2) is 0 Å². The third-order valence-corrected chi connectivity index (χ3v) is 7.17. The maximum Gasteiger partial charge on any atom is 0.270 e. The van der Waals surface area contributed by atoms with Crippen molar-refractivity contribution in [2.24, 2.45) is 0 Å². The number of ether oxygens (including phenoxy) is 1. The van der Waals surface area contributed by atoms with Crippen molar-refractivity contribution in [2.45, 2.75) is 0 Å². The van der Waals surface area contributed by atoms with Crippen LogP contribution < -0.4 is 15.0 Å². The Balaban J connectivity index is 1.25. The van der Waals surface area contributed by atoms with Crippen molar-refractivity contribution in [1.29, 1.82) is 0 Å². The first-order chi connectivity index (χ1) is 19.9. The number of fused-ring (bicyclic) bond motifs is 1. The average Bonchev–Trinajstić information content (AvgIpc) is 3.40. The molecule has 200 valence electrons. The standard InChI is InChI=1S/C32H19BrN2O5S/c33-22-9-7-20(8-10-22)29(36)28-18-21-16-19(6-15-27(21)40-28)17-26-30(37)34-32(41)35(31(26)38)23-11-13-25(14-12-23)39-24-4-2-1-3-5-24/h1-18H,(H,34,37,41). The van der Waals surface area contributed by atoms with Crippen LogP contribution >= 0.6 is 28.1 Å². The van der Waals surface area contributed by atoms with Crippen LogP contribution in [0.25, 0.3) is 17.0 Å². The van der Waals surface area contributed by atoms with E-state index in [1.807, 2.05) is 30.3 Å². The number of hydrogen-bond donors (Lipinski definition) is 1. The van der Waals surface area contributed by atoms with Crippen LogP contribution in [-0.2, 0) is 9.59 Å². The number of amides is 2. The number of carbonyl (C=O) groups excluding carboxylic acids is 3. The molecule has 2 heterocycles. The summed E-state index contributed by atoms with van der Waals surface area (Å²) in [6.07, 6.45) is 1.49. The van der Waals surface area contributed by atoms with Crippen LogP contribution in [0.1, 0.15) is 21.7 Å². The molecule has 0 atom stereocenters. The highest BCUT2D eigenvalue weighted by molar-refractivity contribution is 9.10. The largest absolute Gasteiger partial charge is 0.457 e. The molecule has 0 bridgehead atoms. The molecule has 1 fully saturated rings. The van der Waals surface area contributed by atoms with Gasteiger partial charge in [0.05, 0.1) is 5.69 Å². The van der Waals surface area contributed by atoms with E-state index in [0.29, 0.717) is 39.3 Å². The van der Waals surface area contributed by atoms with Gasteiger partial charge in [-0.1, -0.05) is 40.2 Å². The molecule has 6 rings (SSSR count). The van der Waals surface area contributed by atoms with E-state index in [-0.39, 0.29) is 22.2 Å². The number of nitrogens with zero attached hydrogens (tertiary/aromatic N) is 1. The van der Waals surface area contributed by atoms with Gasteiger partial charge in [-0.2, -0.15) is 0 Å². The minimum atomic E-state index is -0.598. The van der Waals surface area contributed by atoms with Gasteiger partial charge in [0.25, 0.3) is 11.8 Å². The summed E-state index contributed by atoms with van der Waals surface area (Å²) in [4.78, 5) is 40.4. The van der Waals surface area contributed by atoms with Crippen LogP contribution in [-0.4, -0.2) is 22.7 Å². The Hall–Kier alpha value is -4.86. The lowest BCUT2D eigenvalue weighted by molar-refractivity contribution is -0.122. The Morgan fingerprint density at radius 1 is 0.878 bits per heavy atom. The molecule has 1 aromatic heterocycles. The maximum atomic E-state index is 13.5. The third kappa shape index (κ3) is 5.45. The molecular weight excluding hydrogens is 604 g/mol. The van der Waals surface area contributed by atoms with Crippen LogP contribution in [0.15, 0.2) is 118 Å². The number of nitrogens with one attached hydrogen (secondary N) is 1. The normalized spacial score (nSPS) is 14.4. The topological polar surface area (TPSA) is 88.8 Å². The lowest BCUT2D eigenvalue weighted by Crippen LogP contribution is -2.54. The lowest BCUT2D eigenvalue weighted by atomic mass is 10.1. The first kappa shape index (κ1) is 26.4. The van der Waals surface area contributed by atoms with E-state index in [0.717, 1.165) is 4.47 Å². The van der Waals surface area contributed by atoms with Gasteiger partial charge >= 0.3 is 0 Å². The fourth-order valence-corrected chi connectivity index (χ4v) is 4.90. The maximum absolute atomic E-state index is 13.5. The zero-order valence-electron chi connectivity index (χ0n) is 21.2. The second-order valence-electron chi connectivity index (χ2n) is 9.11. The van der Waals surface area contributed by atoms with Gasteiger partial charge in [0.1, 0.15) is 22.7 Å². The molecule has 9 heteroatoms. The smallest absolute Gasteiger partial charge is 0.270 e. The average molecular weight is 623 g/mol. The number of carbonyl (C=O) groups is 3. The molecule has 2 amide bonds. The zero-order valence-corrected chi connectivity index (χ0v) is 23.6. The Kier molecular flexibility index (Phi) is 7.05. The van der Waals surface area contributed by atoms with Gasteiger partial charge in [0, 0.05) is 15.4 Å². The Labute approximate surface area is 248 Å². The molecular formula is C32H19BrN2O5S. The highest BCUT2D eigenvalue weighted by atomic mass is 79.9. The molecule has 1 N–H and O–H groups in total. The number of furan rings is 1. The van der Waals surface area contributed by atoms with Gasteiger partial charge < -0.3 is 9.15 Å². The molecule has 5 aromatic rings. The minimum Gasteiger partial charge on any atom is -0.457 e. The lowest BCUT2D eigenvalue weighted by Gasteiger charge is -2.29. The molecule has 0 spiro atoms. The Morgan fingerprint density at radius 3 is 2.32 bits per heavy atom. The van der Waals surface area contributed by atoms with Crippen molar-refractivity contribution >= 4 is 73.6 Å². The first-order valence-corrected chi connectivity index (χ1v) is 13.6. The summed E-state index contributed by atoms with van der Waals surface area (Å²) in [6.45, 7) is 0. The number of thiocarbonyl (C=S) groups is 1. The molecule has 1 aliphatic heterocycles. The molecule has 7 nitrogen and oxygen atoms in total. The number of anilines is 1. The summed E-state index contributed by atoms with van der Waals surface area (Å²) in [5.41, 5.74) is 1.98. The van der Waals surface area contributed by atoms with Crippen molar-refractivity contribution in [3.05, 3.63) is 130 Å². The molecule has 0 saturated carbocycles. The molecule has 0 unspecified atom stereocenters. The summed E-state index contributed by atoms with van der Waals surface area (Å²) in [6, 6.07) is 29.9. The SMILES string of the molecule is O=C1NC(=S)N(c2ccc(Oc3ccccc3)cc2)C(=O)C1=Cc1ccc2oc(C(=O)c3ccc(Br)cc3)cc2c1. The number of ketones is 1. The number of halogens is 1. The van der Waals surface area contributed by atoms with Gasteiger partial charge in [0.15, 0.2) is 10.9 Å².